The fourth-order valence-electron chi connectivity index (χ4n) is 1.09. The standard InChI is InChI=1S/C8H14N4/c1-5(9)3-7-4-8(10)12-6(2)11-7/h4-5H,3,9H2,1-2H3,(H2,10,11,12). The van der Waals surface area contributed by atoms with Gasteiger partial charge in [0.15, 0.2) is 0 Å². The SMILES string of the molecule is Cc1nc(N)cc(CC(C)N)n1. The zero-order chi connectivity index (χ0) is 9.14. The molecule has 4 nitrogen and oxygen atoms in total. The van der Waals surface area contributed by atoms with Crippen LogP contribution in [0.1, 0.15) is 18.4 Å². The molecule has 0 aliphatic rings. The molecule has 4 N–H and O–H groups in total. The van der Waals surface area contributed by atoms with Crippen molar-refractivity contribution in [2.75, 3.05) is 5.73 Å². The fourth-order valence-corrected chi connectivity index (χ4v) is 1.09. The number of aromatic nitrogens is 2. The molecule has 0 saturated carbocycles. The Morgan fingerprint density at radius 2 is 2.17 bits per heavy atom. The summed E-state index contributed by atoms with van der Waals surface area (Å²) in [5.41, 5.74) is 12.1. The van der Waals surface area contributed by atoms with Gasteiger partial charge in [0.2, 0.25) is 0 Å². The molecule has 0 fully saturated rings. The molecule has 0 bridgehead atoms. The molecule has 0 radical (unpaired) electrons. The Balaban J connectivity index is 2.85. The molecule has 0 spiro atoms. The maximum atomic E-state index is 5.62. The topological polar surface area (TPSA) is 77.8 Å². The Morgan fingerprint density at radius 3 is 2.67 bits per heavy atom. The second-order valence-corrected chi connectivity index (χ2v) is 3.01. The smallest absolute Gasteiger partial charge is 0.127 e. The average Bonchev–Trinajstić information content (AvgIpc) is 1.81. The molecular formula is C8H14N4. The van der Waals surface area contributed by atoms with Crippen molar-refractivity contribution in [3.05, 3.63) is 17.6 Å². The van der Waals surface area contributed by atoms with Gasteiger partial charge in [0.25, 0.3) is 0 Å². The molecule has 0 aliphatic carbocycles. The van der Waals surface area contributed by atoms with Crippen LogP contribution in [-0.4, -0.2) is 16.0 Å². The van der Waals surface area contributed by atoms with Crippen LogP contribution in [0.4, 0.5) is 5.82 Å². The number of nitrogens with two attached hydrogens (primary N) is 2. The monoisotopic (exact) mass is 166 g/mol. The predicted molar refractivity (Wildman–Crippen MR) is 48.5 cm³/mol. The van der Waals surface area contributed by atoms with Gasteiger partial charge in [-0.3, -0.25) is 0 Å². The first-order valence-corrected chi connectivity index (χ1v) is 3.93. The average molecular weight is 166 g/mol. The van der Waals surface area contributed by atoms with Crippen molar-refractivity contribution >= 4 is 5.82 Å². The van der Waals surface area contributed by atoms with Gasteiger partial charge < -0.3 is 11.5 Å². The highest BCUT2D eigenvalue weighted by molar-refractivity contribution is 5.29. The normalized spacial score (nSPS) is 12.9. The van der Waals surface area contributed by atoms with Crippen molar-refractivity contribution in [3.63, 3.8) is 0 Å². The molecule has 4 heteroatoms. The zero-order valence-corrected chi connectivity index (χ0v) is 7.41. The van der Waals surface area contributed by atoms with E-state index in [0.717, 1.165) is 12.1 Å². The highest BCUT2D eigenvalue weighted by Crippen LogP contribution is 2.04. The third-order valence-electron chi connectivity index (χ3n) is 1.44. The van der Waals surface area contributed by atoms with Crippen LogP contribution in [0.2, 0.25) is 0 Å². The Hall–Kier alpha value is -1.16. The van der Waals surface area contributed by atoms with Crippen molar-refractivity contribution < 1.29 is 0 Å². The van der Waals surface area contributed by atoms with Gasteiger partial charge in [0.05, 0.1) is 0 Å². The molecule has 1 rings (SSSR count). The molecule has 1 aromatic rings. The van der Waals surface area contributed by atoms with E-state index in [1.54, 1.807) is 6.07 Å². The van der Waals surface area contributed by atoms with E-state index in [2.05, 4.69) is 9.97 Å². The Bertz CT molecular complexity index is 250. The molecule has 0 aromatic carbocycles. The number of hydrogen-bond acceptors (Lipinski definition) is 4. The maximum Gasteiger partial charge on any atom is 0.127 e. The van der Waals surface area contributed by atoms with Crippen molar-refractivity contribution in [1.29, 1.82) is 0 Å². The van der Waals surface area contributed by atoms with Gasteiger partial charge >= 0.3 is 0 Å². The van der Waals surface area contributed by atoms with Gasteiger partial charge in [0.1, 0.15) is 11.6 Å². The Kier molecular flexibility index (Phi) is 2.60. The molecule has 1 aromatic heterocycles. The molecule has 0 aliphatic heterocycles. The van der Waals surface area contributed by atoms with E-state index < -0.39 is 0 Å². The minimum Gasteiger partial charge on any atom is -0.384 e. The van der Waals surface area contributed by atoms with E-state index in [4.69, 9.17) is 11.5 Å². The summed E-state index contributed by atoms with van der Waals surface area (Å²) in [5, 5.41) is 0. The fraction of sp³-hybridized carbons (Fsp3) is 0.500. The first kappa shape index (κ1) is 8.93. The van der Waals surface area contributed by atoms with Crippen molar-refractivity contribution in [2.45, 2.75) is 26.3 Å². The van der Waals surface area contributed by atoms with E-state index in [1.807, 2.05) is 13.8 Å². The predicted octanol–water partition coefficient (Wildman–Crippen LogP) is 0.257. The zero-order valence-electron chi connectivity index (χ0n) is 7.41. The number of rotatable bonds is 2. The van der Waals surface area contributed by atoms with E-state index in [9.17, 15) is 0 Å². The van der Waals surface area contributed by atoms with Crippen molar-refractivity contribution in [1.82, 2.24) is 9.97 Å². The summed E-state index contributed by atoms with van der Waals surface area (Å²) >= 11 is 0. The highest BCUT2D eigenvalue weighted by Gasteiger charge is 2.01. The molecule has 66 valence electrons. The number of nitrogen functional groups attached to an aromatic ring is 1. The van der Waals surface area contributed by atoms with E-state index >= 15 is 0 Å². The summed E-state index contributed by atoms with van der Waals surface area (Å²) in [7, 11) is 0. The lowest BCUT2D eigenvalue weighted by molar-refractivity contribution is 0.717. The summed E-state index contributed by atoms with van der Waals surface area (Å²) in [6, 6.07) is 1.87. The van der Waals surface area contributed by atoms with Crippen LogP contribution in [0.25, 0.3) is 0 Å². The minimum absolute atomic E-state index is 0.110. The summed E-state index contributed by atoms with van der Waals surface area (Å²) < 4.78 is 0. The number of aryl methyl sites for hydroxylation is 1. The maximum absolute atomic E-state index is 5.62. The van der Waals surface area contributed by atoms with Crippen LogP contribution >= 0.6 is 0 Å². The summed E-state index contributed by atoms with van der Waals surface area (Å²) in [6.07, 6.45) is 0.744. The third kappa shape index (κ3) is 2.47. The van der Waals surface area contributed by atoms with Crippen LogP contribution in [0.3, 0.4) is 0 Å². The van der Waals surface area contributed by atoms with Gasteiger partial charge in [-0.1, -0.05) is 0 Å². The van der Waals surface area contributed by atoms with Crippen LogP contribution in [-0.2, 0) is 6.42 Å². The van der Waals surface area contributed by atoms with Crippen molar-refractivity contribution in [2.24, 2.45) is 5.73 Å². The lowest BCUT2D eigenvalue weighted by Gasteiger charge is -2.05. The van der Waals surface area contributed by atoms with Gasteiger partial charge in [-0.05, 0) is 13.8 Å². The molecule has 0 saturated heterocycles. The van der Waals surface area contributed by atoms with Crippen LogP contribution in [0.5, 0.6) is 0 Å². The largest absolute Gasteiger partial charge is 0.384 e. The van der Waals surface area contributed by atoms with E-state index in [-0.39, 0.29) is 6.04 Å². The summed E-state index contributed by atoms with van der Waals surface area (Å²) in [6.45, 7) is 3.76. The molecule has 0 amide bonds. The van der Waals surface area contributed by atoms with Gasteiger partial charge in [-0.2, -0.15) is 0 Å². The Labute approximate surface area is 72.0 Å². The molecule has 1 unspecified atom stereocenters. The minimum atomic E-state index is 0.110. The van der Waals surface area contributed by atoms with E-state index in [0.29, 0.717) is 11.6 Å². The number of hydrogen-bond donors (Lipinski definition) is 2. The molecular weight excluding hydrogens is 152 g/mol. The molecule has 1 heterocycles. The second-order valence-electron chi connectivity index (χ2n) is 3.01. The summed E-state index contributed by atoms with van der Waals surface area (Å²) in [5.74, 6) is 1.21. The van der Waals surface area contributed by atoms with Crippen LogP contribution < -0.4 is 11.5 Å². The summed E-state index contributed by atoms with van der Waals surface area (Å²) in [4.78, 5) is 8.17. The number of anilines is 1. The van der Waals surface area contributed by atoms with Gasteiger partial charge in [-0.25, -0.2) is 9.97 Å². The third-order valence-corrected chi connectivity index (χ3v) is 1.44. The van der Waals surface area contributed by atoms with Crippen LogP contribution in [0, 0.1) is 6.92 Å². The second kappa shape index (κ2) is 3.49. The number of nitrogens with zero attached hydrogens (tertiary/aromatic N) is 2. The molecule has 1 atom stereocenters. The van der Waals surface area contributed by atoms with Gasteiger partial charge in [0, 0.05) is 24.2 Å². The first-order chi connectivity index (χ1) is 5.58. The Morgan fingerprint density at radius 1 is 1.50 bits per heavy atom. The first-order valence-electron chi connectivity index (χ1n) is 3.93. The lowest BCUT2D eigenvalue weighted by atomic mass is 10.2. The van der Waals surface area contributed by atoms with E-state index in [1.165, 1.54) is 0 Å². The highest BCUT2D eigenvalue weighted by atomic mass is 14.9. The van der Waals surface area contributed by atoms with Crippen LogP contribution in [0.15, 0.2) is 6.07 Å². The van der Waals surface area contributed by atoms with Crippen molar-refractivity contribution in [3.8, 4) is 0 Å². The quantitative estimate of drug-likeness (QED) is 0.660. The van der Waals surface area contributed by atoms with Gasteiger partial charge in [-0.15, -0.1) is 0 Å². The lowest BCUT2D eigenvalue weighted by Crippen LogP contribution is -2.19. The molecule has 12 heavy (non-hydrogen) atoms.